The predicted octanol–water partition coefficient (Wildman–Crippen LogP) is 4.83. The van der Waals surface area contributed by atoms with E-state index in [4.69, 9.17) is 0 Å². The zero-order chi connectivity index (χ0) is 18.4. The number of thiophene rings is 1. The van der Waals surface area contributed by atoms with Gasteiger partial charge in [-0.05, 0) is 56.1 Å². The minimum Gasteiger partial charge on any atom is -0.299 e. The highest BCUT2D eigenvalue weighted by Crippen LogP contribution is 2.45. The van der Waals surface area contributed by atoms with Crippen LogP contribution in [-0.4, -0.2) is 21.8 Å². The van der Waals surface area contributed by atoms with Gasteiger partial charge in [0.25, 0.3) is 0 Å². The average molecular weight is 383 g/mol. The number of aromatic nitrogens is 2. The first kappa shape index (κ1) is 17.4. The van der Waals surface area contributed by atoms with Gasteiger partial charge in [0, 0.05) is 51.9 Å². The molecule has 1 atom stereocenters. The molecular formula is C22H26N2O2S. The van der Waals surface area contributed by atoms with Crippen molar-refractivity contribution >= 4 is 22.9 Å². The van der Waals surface area contributed by atoms with E-state index in [0.29, 0.717) is 24.5 Å². The smallest absolute Gasteiger partial charge is 0.164 e. The van der Waals surface area contributed by atoms with Gasteiger partial charge in [-0.1, -0.05) is 12.8 Å². The van der Waals surface area contributed by atoms with Crippen LogP contribution < -0.4 is 0 Å². The molecule has 0 aromatic carbocycles. The topological polar surface area (TPSA) is 62.8 Å². The van der Waals surface area contributed by atoms with Gasteiger partial charge in [0.15, 0.2) is 5.78 Å². The van der Waals surface area contributed by atoms with Crippen molar-refractivity contribution < 1.29 is 9.59 Å². The summed E-state index contributed by atoms with van der Waals surface area (Å²) in [4.78, 5) is 28.0. The van der Waals surface area contributed by atoms with Crippen molar-refractivity contribution in [3.8, 4) is 0 Å². The number of aromatic amines is 1. The van der Waals surface area contributed by atoms with Gasteiger partial charge in [0.2, 0.25) is 0 Å². The summed E-state index contributed by atoms with van der Waals surface area (Å²) >= 11 is 1.73. The van der Waals surface area contributed by atoms with E-state index in [1.165, 1.54) is 23.3 Å². The lowest BCUT2D eigenvalue weighted by atomic mass is 9.83. The van der Waals surface area contributed by atoms with Gasteiger partial charge in [-0.25, -0.2) is 0 Å². The first-order valence-corrected chi connectivity index (χ1v) is 11.2. The summed E-state index contributed by atoms with van der Waals surface area (Å²) in [6.45, 7) is 0. The average Bonchev–Trinajstić information content (AvgIpc) is 3.59. The maximum Gasteiger partial charge on any atom is 0.164 e. The quantitative estimate of drug-likeness (QED) is 0.665. The molecule has 2 heterocycles. The third-order valence-electron chi connectivity index (χ3n) is 6.37. The van der Waals surface area contributed by atoms with E-state index in [1.54, 1.807) is 17.5 Å². The maximum absolute atomic E-state index is 13.2. The monoisotopic (exact) mass is 382 g/mol. The van der Waals surface area contributed by atoms with Crippen LogP contribution >= 0.6 is 11.3 Å². The molecule has 0 saturated heterocycles. The second-order valence-corrected chi connectivity index (χ2v) is 9.66. The number of H-pyrrole nitrogens is 1. The van der Waals surface area contributed by atoms with Crippen LogP contribution in [-0.2, 0) is 17.6 Å². The van der Waals surface area contributed by atoms with Crippen molar-refractivity contribution in [2.45, 2.75) is 70.1 Å². The Balaban J connectivity index is 1.49. The van der Waals surface area contributed by atoms with Crippen molar-refractivity contribution in [2.75, 3.05) is 0 Å². The fourth-order valence-corrected chi connectivity index (χ4v) is 5.99. The van der Waals surface area contributed by atoms with Crippen molar-refractivity contribution in [2.24, 2.45) is 11.8 Å². The predicted molar refractivity (Wildman–Crippen MR) is 105 cm³/mol. The fraction of sp³-hybridized carbons (Fsp3) is 0.591. The molecular weight excluding hydrogens is 356 g/mol. The van der Waals surface area contributed by atoms with Gasteiger partial charge in [-0.15, -0.1) is 11.3 Å². The number of carbonyl (C=O) groups excluding carboxylic acids is 2. The maximum atomic E-state index is 13.2. The lowest BCUT2D eigenvalue weighted by molar-refractivity contribution is -0.119. The number of Topliss-reactive ketones (excluding diaryl/α,β-unsaturated/α-hetero) is 2. The minimum absolute atomic E-state index is 0.252. The van der Waals surface area contributed by atoms with Crippen LogP contribution in [0.4, 0.5) is 0 Å². The van der Waals surface area contributed by atoms with Crippen LogP contribution in [0.3, 0.4) is 0 Å². The molecule has 0 amide bonds. The number of hydrogen-bond acceptors (Lipinski definition) is 4. The number of rotatable bonds is 8. The van der Waals surface area contributed by atoms with Gasteiger partial charge >= 0.3 is 0 Å². The zero-order valence-corrected chi connectivity index (χ0v) is 16.4. The Morgan fingerprint density at radius 1 is 1.19 bits per heavy atom. The van der Waals surface area contributed by atoms with E-state index >= 15 is 0 Å². The molecule has 2 fully saturated rings. The summed E-state index contributed by atoms with van der Waals surface area (Å²) in [5, 5.41) is 7.26. The van der Waals surface area contributed by atoms with E-state index in [2.05, 4.69) is 10.2 Å². The lowest BCUT2D eigenvalue weighted by Gasteiger charge is -2.21. The van der Waals surface area contributed by atoms with Crippen LogP contribution in [0.25, 0.3) is 0 Å². The molecule has 5 rings (SSSR count). The van der Waals surface area contributed by atoms with Gasteiger partial charge in [0.05, 0.1) is 0 Å². The number of fused-ring (bicyclic) bond motifs is 1. The molecule has 5 heteroatoms. The molecule has 4 nitrogen and oxygen atoms in total. The van der Waals surface area contributed by atoms with Gasteiger partial charge in [0.1, 0.15) is 5.78 Å². The molecule has 3 aliphatic carbocycles. The number of nitrogens with zero attached hydrogens (tertiary/aromatic N) is 1. The molecule has 2 aromatic rings. The summed E-state index contributed by atoms with van der Waals surface area (Å²) in [6, 6.07) is 2.04. The Hall–Kier alpha value is -1.75. The highest BCUT2D eigenvalue weighted by molar-refractivity contribution is 7.12. The Morgan fingerprint density at radius 3 is 2.74 bits per heavy atom. The Labute approximate surface area is 163 Å². The summed E-state index contributed by atoms with van der Waals surface area (Å²) in [6.07, 6.45) is 11.7. The second-order valence-electron chi connectivity index (χ2n) is 8.52. The molecule has 142 valence electrons. The van der Waals surface area contributed by atoms with Crippen LogP contribution in [0.1, 0.15) is 88.7 Å². The molecule has 0 bridgehead atoms. The molecule has 2 saturated carbocycles. The normalized spacial score (nSPS) is 21.9. The lowest BCUT2D eigenvalue weighted by Crippen LogP contribution is -2.13. The minimum atomic E-state index is 0.252. The van der Waals surface area contributed by atoms with Crippen molar-refractivity contribution in [3.63, 3.8) is 0 Å². The largest absolute Gasteiger partial charge is 0.299 e. The molecule has 2 aromatic heterocycles. The summed E-state index contributed by atoms with van der Waals surface area (Å²) in [7, 11) is 0. The Kier molecular flexibility index (Phi) is 4.50. The third-order valence-corrected chi connectivity index (χ3v) is 7.71. The van der Waals surface area contributed by atoms with Gasteiger partial charge in [-0.3, -0.25) is 14.7 Å². The van der Waals surface area contributed by atoms with E-state index in [9.17, 15) is 9.59 Å². The number of nitrogens with one attached hydrogen (secondary N) is 1. The summed E-state index contributed by atoms with van der Waals surface area (Å²) in [5.41, 5.74) is 3.30. The first-order valence-electron chi connectivity index (χ1n) is 10.4. The SMILES string of the molecule is O=C(CCC1CC1)c1c(CC(=O)C2CC2)sc2c1CCCC2c1ccn[nH]1. The third kappa shape index (κ3) is 3.54. The molecule has 0 spiro atoms. The Bertz CT molecular complexity index is 859. The van der Waals surface area contributed by atoms with E-state index < -0.39 is 0 Å². The second kappa shape index (κ2) is 7.01. The first-order chi connectivity index (χ1) is 13.2. The highest BCUT2D eigenvalue weighted by Gasteiger charge is 2.35. The van der Waals surface area contributed by atoms with Crippen LogP contribution in [0, 0.1) is 11.8 Å². The van der Waals surface area contributed by atoms with Gasteiger partial charge in [-0.2, -0.15) is 5.10 Å². The van der Waals surface area contributed by atoms with Crippen LogP contribution in [0.2, 0.25) is 0 Å². The molecule has 3 aliphatic rings. The fourth-order valence-electron chi connectivity index (χ4n) is 4.46. The molecule has 1 N–H and O–H groups in total. The van der Waals surface area contributed by atoms with E-state index in [1.807, 2.05) is 6.07 Å². The van der Waals surface area contributed by atoms with Crippen LogP contribution in [0.5, 0.6) is 0 Å². The van der Waals surface area contributed by atoms with Crippen molar-refractivity contribution in [1.29, 1.82) is 0 Å². The highest BCUT2D eigenvalue weighted by atomic mass is 32.1. The summed E-state index contributed by atoms with van der Waals surface area (Å²) < 4.78 is 0. The van der Waals surface area contributed by atoms with Crippen molar-refractivity contribution in [1.82, 2.24) is 10.2 Å². The van der Waals surface area contributed by atoms with Gasteiger partial charge < -0.3 is 0 Å². The van der Waals surface area contributed by atoms with Crippen molar-refractivity contribution in [3.05, 3.63) is 38.8 Å². The van der Waals surface area contributed by atoms with E-state index in [-0.39, 0.29) is 11.7 Å². The number of carbonyl (C=O) groups is 2. The standard InChI is InChI=1S/C22H26N2O2S/c25-18(9-6-13-4-5-13)21-16-3-1-2-15(17-10-11-23-24-17)22(16)27-20(21)12-19(26)14-7-8-14/h10-11,13-15H,1-9,12H2,(H,23,24). The van der Waals surface area contributed by atoms with E-state index in [0.717, 1.165) is 60.6 Å². The Morgan fingerprint density at radius 2 is 2.04 bits per heavy atom. The zero-order valence-electron chi connectivity index (χ0n) is 15.6. The molecule has 1 unspecified atom stereocenters. The molecule has 0 aliphatic heterocycles. The number of hydrogen-bond donors (Lipinski definition) is 1. The number of ketones is 2. The molecule has 27 heavy (non-hydrogen) atoms. The molecule has 0 radical (unpaired) electrons. The van der Waals surface area contributed by atoms with Crippen LogP contribution in [0.15, 0.2) is 12.3 Å². The summed E-state index contributed by atoms with van der Waals surface area (Å²) in [5.74, 6) is 1.92.